The lowest BCUT2D eigenvalue weighted by Crippen LogP contribution is -2.40. The molecule has 0 bridgehead atoms. The van der Waals surface area contributed by atoms with Gasteiger partial charge in [0.2, 0.25) is 10.0 Å². The van der Waals surface area contributed by atoms with Crippen molar-refractivity contribution < 1.29 is 17.9 Å². The number of rotatable bonds is 6. The van der Waals surface area contributed by atoms with E-state index in [4.69, 9.17) is 4.74 Å². The number of carbonyl (C=O) groups is 1. The largest absolute Gasteiger partial charge is 0.379 e. The molecule has 0 aromatic heterocycles. The molecular formula is C21H26N2O4S. The van der Waals surface area contributed by atoms with E-state index in [0.717, 1.165) is 5.56 Å². The van der Waals surface area contributed by atoms with Crippen molar-refractivity contribution in [1.29, 1.82) is 0 Å². The number of morpholine rings is 1. The second-order valence-corrected chi connectivity index (χ2v) is 9.08. The van der Waals surface area contributed by atoms with Crippen molar-refractivity contribution in [1.82, 2.24) is 9.62 Å². The maximum atomic E-state index is 12.7. The van der Waals surface area contributed by atoms with Crippen LogP contribution >= 0.6 is 0 Å². The lowest BCUT2D eigenvalue weighted by atomic mass is 9.95. The Bertz CT molecular complexity index is 890. The SMILES string of the molecule is CC(C)[C@@H](NC(=O)c1ccc(S(=O)(=O)N2CCOCC2)cc1)c1ccccc1. The van der Waals surface area contributed by atoms with Crippen LogP contribution in [0.1, 0.15) is 35.8 Å². The van der Waals surface area contributed by atoms with Gasteiger partial charge in [-0.15, -0.1) is 0 Å². The third-order valence-corrected chi connectivity index (χ3v) is 6.75. The third-order valence-electron chi connectivity index (χ3n) is 4.84. The monoisotopic (exact) mass is 402 g/mol. The topological polar surface area (TPSA) is 75.7 Å². The summed E-state index contributed by atoms with van der Waals surface area (Å²) in [6.45, 7) is 5.59. The number of nitrogens with zero attached hydrogens (tertiary/aromatic N) is 1. The number of amides is 1. The number of benzene rings is 2. The quantitative estimate of drug-likeness (QED) is 0.806. The Balaban J connectivity index is 1.74. The molecule has 0 spiro atoms. The molecule has 28 heavy (non-hydrogen) atoms. The standard InChI is InChI=1S/C21H26N2O4S/c1-16(2)20(17-6-4-3-5-7-17)22-21(24)18-8-10-19(11-9-18)28(25,26)23-12-14-27-15-13-23/h3-11,16,20H,12-15H2,1-2H3,(H,22,24)/t20-/m1/s1. The van der Waals surface area contributed by atoms with Crippen molar-refractivity contribution in [2.45, 2.75) is 24.8 Å². The number of hydrogen-bond donors (Lipinski definition) is 1. The summed E-state index contributed by atoms with van der Waals surface area (Å²) >= 11 is 0. The number of ether oxygens (including phenoxy) is 1. The van der Waals surface area contributed by atoms with E-state index in [0.29, 0.717) is 31.9 Å². The van der Waals surface area contributed by atoms with E-state index in [-0.39, 0.29) is 22.8 Å². The van der Waals surface area contributed by atoms with Crippen LogP contribution in [-0.4, -0.2) is 44.9 Å². The molecule has 0 saturated carbocycles. The van der Waals surface area contributed by atoms with Crippen molar-refractivity contribution >= 4 is 15.9 Å². The first kappa shape index (κ1) is 20.5. The van der Waals surface area contributed by atoms with E-state index in [1.165, 1.54) is 16.4 Å². The molecular weight excluding hydrogens is 376 g/mol. The fourth-order valence-electron chi connectivity index (χ4n) is 3.23. The van der Waals surface area contributed by atoms with Gasteiger partial charge in [-0.2, -0.15) is 4.31 Å². The second-order valence-electron chi connectivity index (χ2n) is 7.15. The highest BCUT2D eigenvalue weighted by atomic mass is 32.2. The van der Waals surface area contributed by atoms with E-state index in [1.54, 1.807) is 12.1 Å². The van der Waals surface area contributed by atoms with Crippen LogP contribution in [0.3, 0.4) is 0 Å². The lowest BCUT2D eigenvalue weighted by Gasteiger charge is -2.26. The van der Waals surface area contributed by atoms with E-state index in [2.05, 4.69) is 19.2 Å². The van der Waals surface area contributed by atoms with Gasteiger partial charge in [-0.1, -0.05) is 44.2 Å². The van der Waals surface area contributed by atoms with Crippen LogP contribution in [0.2, 0.25) is 0 Å². The first-order chi connectivity index (χ1) is 13.4. The molecule has 6 nitrogen and oxygen atoms in total. The molecule has 7 heteroatoms. The van der Waals surface area contributed by atoms with Gasteiger partial charge in [0.25, 0.3) is 5.91 Å². The van der Waals surface area contributed by atoms with Gasteiger partial charge in [-0.25, -0.2) is 8.42 Å². The second kappa shape index (κ2) is 8.86. The van der Waals surface area contributed by atoms with Crippen molar-refractivity contribution in [3.05, 3.63) is 65.7 Å². The average Bonchev–Trinajstić information content (AvgIpc) is 2.73. The van der Waals surface area contributed by atoms with Gasteiger partial charge in [-0.05, 0) is 35.7 Å². The molecule has 1 fully saturated rings. The molecule has 0 radical (unpaired) electrons. The zero-order valence-electron chi connectivity index (χ0n) is 16.2. The first-order valence-electron chi connectivity index (χ1n) is 9.43. The Morgan fingerprint density at radius 2 is 1.61 bits per heavy atom. The van der Waals surface area contributed by atoms with Crippen LogP contribution < -0.4 is 5.32 Å². The summed E-state index contributed by atoms with van der Waals surface area (Å²) in [5, 5.41) is 3.06. The van der Waals surface area contributed by atoms with E-state index >= 15 is 0 Å². The summed E-state index contributed by atoms with van der Waals surface area (Å²) in [5.41, 5.74) is 1.47. The molecule has 150 valence electrons. The van der Waals surface area contributed by atoms with Crippen molar-refractivity contribution in [2.75, 3.05) is 26.3 Å². The summed E-state index contributed by atoms with van der Waals surface area (Å²) in [6.07, 6.45) is 0. The molecule has 1 heterocycles. The van der Waals surface area contributed by atoms with E-state index in [9.17, 15) is 13.2 Å². The lowest BCUT2D eigenvalue weighted by molar-refractivity contribution is 0.0730. The van der Waals surface area contributed by atoms with Gasteiger partial charge in [-0.3, -0.25) is 4.79 Å². The molecule has 1 aliphatic heterocycles. The minimum absolute atomic E-state index is 0.120. The van der Waals surface area contributed by atoms with Gasteiger partial charge in [0, 0.05) is 18.7 Å². The normalized spacial score (nSPS) is 16.7. The number of sulfonamides is 1. The van der Waals surface area contributed by atoms with Crippen molar-refractivity contribution in [3.63, 3.8) is 0 Å². The van der Waals surface area contributed by atoms with E-state index in [1.807, 2.05) is 30.3 Å². The summed E-state index contributed by atoms with van der Waals surface area (Å²) < 4.78 is 32.0. The number of hydrogen-bond acceptors (Lipinski definition) is 4. The van der Waals surface area contributed by atoms with Gasteiger partial charge >= 0.3 is 0 Å². The van der Waals surface area contributed by atoms with Crippen LogP contribution in [0.5, 0.6) is 0 Å². The van der Waals surface area contributed by atoms with E-state index < -0.39 is 10.0 Å². The predicted molar refractivity (Wildman–Crippen MR) is 108 cm³/mol. The Labute approximate surface area is 166 Å². The van der Waals surface area contributed by atoms with Crippen LogP contribution in [-0.2, 0) is 14.8 Å². The Morgan fingerprint density at radius 3 is 2.18 bits per heavy atom. The maximum Gasteiger partial charge on any atom is 0.251 e. The Hall–Kier alpha value is -2.22. The fraction of sp³-hybridized carbons (Fsp3) is 0.381. The Kier molecular flexibility index (Phi) is 6.49. The molecule has 3 rings (SSSR count). The average molecular weight is 403 g/mol. The highest BCUT2D eigenvalue weighted by Gasteiger charge is 2.26. The highest BCUT2D eigenvalue weighted by Crippen LogP contribution is 2.23. The van der Waals surface area contributed by atoms with Gasteiger partial charge in [0.1, 0.15) is 0 Å². The minimum atomic E-state index is -3.56. The molecule has 0 aliphatic carbocycles. The molecule has 1 N–H and O–H groups in total. The van der Waals surface area contributed by atoms with Crippen LogP contribution in [0, 0.1) is 5.92 Å². The fourth-order valence-corrected chi connectivity index (χ4v) is 4.64. The molecule has 0 unspecified atom stereocenters. The van der Waals surface area contributed by atoms with Crippen LogP contribution in [0.25, 0.3) is 0 Å². The van der Waals surface area contributed by atoms with Gasteiger partial charge < -0.3 is 10.1 Å². The summed E-state index contributed by atoms with van der Waals surface area (Å²) in [4.78, 5) is 12.9. The van der Waals surface area contributed by atoms with Gasteiger partial charge in [0.05, 0.1) is 24.2 Å². The van der Waals surface area contributed by atoms with Crippen molar-refractivity contribution in [3.8, 4) is 0 Å². The zero-order chi connectivity index (χ0) is 20.1. The van der Waals surface area contributed by atoms with Crippen LogP contribution in [0.4, 0.5) is 0 Å². The maximum absolute atomic E-state index is 12.7. The summed E-state index contributed by atoms with van der Waals surface area (Å²) in [6, 6.07) is 15.8. The summed E-state index contributed by atoms with van der Waals surface area (Å²) in [7, 11) is -3.56. The smallest absolute Gasteiger partial charge is 0.251 e. The molecule has 1 saturated heterocycles. The van der Waals surface area contributed by atoms with Crippen LogP contribution in [0.15, 0.2) is 59.5 Å². The molecule has 1 atom stereocenters. The molecule has 2 aromatic carbocycles. The number of carbonyl (C=O) groups excluding carboxylic acids is 1. The molecule has 2 aromatic rings. The molecule has 1 amide bonds. The summed E-state index contributed by atoms with van der Waals surface area (Å²) in [5.74, 6) is -0.00908. The number of nitrogens with one attached hydrogen (secondary N) is 1. The Morgan fingerprint density at radius 1 is 1.00 bits per heavy atom. The predicted octanol–water partition coefficient (Wildman–Crippen LogP) is 2.83. The highest BCUT2D eigenvalue weighted by molar-refractivity contribution is 7.89. The van der Waals surface area contributed by atoms with Crippen molar-refractivity contribution in [2.24, 2.45) is 5.92 Å². The zero-order valence-corrected chi connectivity index (χ0v) is 17.0. The molecule has 1 aliphatic rings. The minimum Gasteiger partial charge on any atom is -0.379 e. The first-order valence-corrected chi connectivity index (χ1v) is 10.9. The third kappa shape index (κ3) is 4.60. The van der Waals surface area contributed by atoms with Gasteiger partial charge in [0.15, 0.2) is 0 Å².